The van der Waals surface area contributed by atoms with Crippen molar-refractivity contribution in [3.8, 4) is 0 Å². The first-order valence-electron chi connectivity index (χ1n) is 7.84. The lowest BCUT2D eigenvalue weighted by Crippen LogP contribution is -2.38. The lowest BCUT2D eigenvalue weighted by molar-refractivity contribution is -0.120. The summed E-state index contributed by atoms with van der Waals surface area (Å²) < 4.78 is 0. The highest BCUT2D eigenvalue weighted by atomic mass is 16.1. The molecule has 0 aromatic heterocycles. The number of amides is 1. The van der Waals surface area contributed by atoms with Crippen molar-refractivity contribution in [1.29, 1.82) is 0 Å². The highest BCUT2D eigenvalue weighted by Gasteiger charge is 2.13. The van der Waals surface area contributed by atoms with Crippen LogP contribution in [0, 0.1) is 6.92 Å². The van der Waals surface area contributed by atoms with Crippen LogP contribution in [0.25, 0.3) is 0 Å². The average molecular weight is 274 g/mol. The fourth-order valence-electron chi connectivity index (χ4n) is 2.73. The van der Waals surface area contributed by atoms with Gasteiger partial charge in [0.1, 0.15) is 0 Å². The molecule has 0 spiro atoms. The molecule has 20 heavy (non-hydrogen) atoms. The van der Waals surface area contributed by atoms with Crippen LogP contribution in [0.15, 0.2) is 24.3 Å². The number of rotatable bonds is 4. The first-order valence-corrected chi connectivity index (χ1v) is 7.84. The summed E-state index contributed by atoms with van der Waals surface area (Å²) >= 11 is 0. The number of benzene rings is 1. The van der Waals surface area contributed by atoms with E-state index in [-0.39, 0.29) is 5.91 Å². The van der Waals surface area contributed by atoms with Crippen molar-refractivity contribution in [3.63, 3.8) is 0 Å². The molecular formula is C17H26N2O. The van der Waals surface area contributed by atoms with Crippen molar-refractivity contribution >= 4 is 11.6 Å². The molecule has 0 heterocycles. The van der Waals surface area contributed by atoms with Crippen LogP contribution in [-0.2, 0) is 4.79 Å². The van der Waals surface area contributed by atoms with Crippen LogP contribution in [0.3, 0.4) is 0 Å². The Morgan fingerprint density at radius 1 is 1.05 bits per heavy atom. The van der Waals surface area contributed by atoms with Gasteiger partial charge in [-0.1, -0.05) is 49.8 Å². The lowest BCUT2D eigenvalue weighted by atomic mass is 9.97. The smallest absolute Gasteiger partial charge is 0.239 e. The molecule has 2 N–H and O–H groups in total. The summed E-state index contributed by atoms with van der Waals surface area (Å²) in [7, 11) is 0. The Bertz CT molecular complexity index is 406. The summed E-state index contributed by atoms with van der Waals surface area (Å²) in [5, 5.41) is 6.34. The van der Waals surface area contributed by atoms with Crippen LogP contribution in [0.4, 0.5) is 5.69 Å². The van der Waals surface area contributed by atoms with Gasteiger partial charge < -0.3 is 10.6 Å². The number of carbonyl (C=O) groups excluding carboxylic acids is 1. The van der Waals surface area contributed by atoms with Crippen LogP contribution in [-0.4, -0.2) is 18.5 Å². The van der Waals surface area contributed by atoms with E-state index in [9.17, 15) is 4.79 Å². The number of carbonyl (C=O) groups is 1. The van der Waals surface area contributed by atoms with Gasteiger partial charge in [-0.05, 0) is 31.9 Å². The van der Waals surface area contributed by atoms with Gasteiger partial charge in [-0.3, -0.25) is 4.79 Å². The van der Waals surface area contributed by atoms with Crippen molar-refractivity contribution in [2.45, 2.75) is 57.9 Å². The largest absolute Gasteiger partial charge is 0.376 e. The Morgan fingerprint density at radius 3 is 2.30 bits per heavy atom. The van der Waals surface area contributed by atoms with Gasteiger partial charge in [0.15, 0.2) is 0 Å². The third-order valence-corrected chi connectivity index (χ3v) is 3.97. The second kappa shape index (κ2) is 7.93. The number of hydrogen-bond acceptors (Lipinski definition) is 2. The molecule has 1 saturated carbocycles. The first-order chi connectivity index (χ1) is 9.74. The third-order valence-electron chi connectivity index (χ3n) is 3.97. The van der Waals surface area contributed by atoms with E-state index < -0.39 is 0 Å². The van der Waals surface area contributed by atoms with E-state index in [0.717, 1.165) is 18.5 Å². The van der Waals surface area contributed by atoms with Gasteiger partial charge in [0.25, 0.3) is 0 Å². The number of aryl methyl sites for hydroxylation is 1. The lowest BCUT2D eigenvalue weighted by Gasteiger charge is -2.21. The van der Waals surface area contributed by atoms with Crippen molar-refractivity contribution < 1.29 is 4.79 Å². The fourth-order valence-corrected chi connectivity index (χ4v) is 2.73. The molecular weight excluding hydrogens is 248 g/mol. The summed E-state index contributed by atoms with van der Waals surface area (Å²) in [5.74, 6) is 0.108. The van der Waals surface area contributed by atoms with Crippen LogP contribution >= 0.6 is 0 Å². The van der Waals surface area contributed by atoms with Gasteiger partial charge in [0.2, 0.25) is 5.91 Å². The summed E-state index contributed by atoms with van der Waals surface area (Å²) in [6.07, 6.45) is 8.75. The maximum atomic E-state index is 12.0. The first kappa shape index (κ1) is 14.9. The molecule has 0 unspecified atom stereocenters. The molecule has 1 amide bonds. The van der Waals surface area contributed by atoms with E-state index in [1.54, 1.807) is 0 Å². The zero-order valence-corrected chi connectivity index (χ0v) is 12.5. The standard InChI is InChI=1S/C17H26N2O/c1-14-9-11-15(12-10-14)18-13-17(20)19-16-7-5-3-2-4-6-8-16/h9-12,16,18H,2-8,13H2,1H3,(H,19,20). The number of anilines is 1. The number of nitrogens with one attached hydrogen (secondary N) is 2. The monoisotopic (exact) mass is 274 g/mol. The predicted molar refractivity (Wildman–Crippen MR) is 83.9 cm³/mol. The van der Waals surface area contributed by atoms with Crippen LogP contribution in [0.1, 0.15) is 50.5 Å². The summed E-state index contributed by atoms with van der Waals surface area (Å²) in [5.41, 5.74) is 2.23. The molecule has 110 valence electrons. The van der Waals surface area contributed by atoms with E-state index in [2.05, 4.69) is 29.7 Å². The Hall–Kier alpha value is -1.51. The summed E-state index contributed by atoms with van der Waals surface area (Å²) in [6.45, 7) is 2.42. The Morgan fingerprint density at radius 2 is 1.65 bits per heavy atom. The van der Waals surface area contributed by atoms with E-state index in [0.29, 0.717) is 12.6 Å². The Balaban J connectivity index is 1.72. The van der Waals surface area contributed by atoms with Gasteiger partial charge >= 0.3 is 0 Å². The van der Waals surface area contributed by atoms with Gasteiger partial charge in [-0.25, -0.2) is 0 Å². The zero-order chi connectivity index (χ0) is 14.2. The minimum absolute atomic E-state index is 0.108. The van der Waals surface area contributed by atoms with Gasteiger partial charge in [0.05, 0.1) is 6.54 Å². The van der Waals surface area contributed by atoms with Gasteiger partial charge in [-0.15, -0.1) is 0 Å². The summed E-state index contributed by atoms with van der Waals surface area (Å²) in [4.78, 5) is 12.0. The molecule has 3 heteroatoms. The van der Waals surface area contributed by atoms with Crippen LogP contribution < -0.4 is 10.6 Å². The van der Waals surface area contributed by atoms with Gasteiger partial charge in [0, 0.05) is 11.7 Å². The molecule has 0 aliphatic heterocycles. The molecule has 1 aliphatic rings. The molecule has 1 fully saturated rings. The zero-order valence-electron chi connectivity index (χ0n) is 12.5. The molecule has 3 nitrogen and oxygen atoms in total. The molecule has 2 rings (SSSR count). The second-order valence-corrected chi connectivity index (χ2v) is 5.83. The van der Waals surface area contributed by atoms with Gasteiger partial charge in [-0.2, -0.15) is 0 Å². The predicted octanol–water partition coefficient (Wildman–Crippen LogP) is 3.64. The van der Waals surface area contributed by atoms with E-state index >= 15 is 0 Å². The van der Waals surface area contributed by atoms with E-state index in [1.807, 2.05) is 12.1 Å². The maximum absolute atomic E-state index is 12.0. The normalized spacial score (nSPS) is 17.1. The topological polar surface area (TPSA) is 41.1 Å². The van der Waals surface area contributed by atoms with Crippen molar-refractivity contribution in [1.82, 2.24) is 5.32 Å². The molecule has 0 saturated heterocycles. The molecule has 0 bridgehead atoms. The highest BCUT2D eigenvalue weighted by Crippen LogP contribution is 2.17. The third kappa shape index (κ3) is 5.24. The molecule has 0 atom stereocenters. The molecule has 0 radical (unpaired) electrons. The molecule has 1 aromatic carbocycles. The van der Waals surface area contributed by atoms with Crippen molar-refractivity contribution in [2.24, 2.45) is 0 Å². The second-order valence-electron chi connectivity index (χ2n) is 5.83. The van der Waals surface area contributed by atoms with Crippen molar-refractivity contribution in [3.05, 3.63) is 29.8 Å². The van der Waals surface area contributed by atoms with E-state index in [1.165, 1.54) is 37.7 Å². The van der Waals surface area contributed by atoms with Crippen molar-refractivity contribution in [2.75, 3.05) is 11.9 Å². The van der Waals surface area contributed by atoms with Crippen LogP contribution in [0.2, 0.25) is 0 Å². The quantitative estimate of drug-likeness (QED) is 0.880. The Kier molecular flexibility index (Phi) is 5.90. The average Bonchev–Trinajstić information content (AvgIpc) is 2.41. The van der Waals surface area contributed by atoms with Crippen LogP contribution in [0.5, 0.6) is 0 Å². The SMILES string of the molecule is Cc1ccc(NCC(=O)NC2CCCCCCC2)cc1. The maximum Gasteiger partial charge on any atom is 0.239 e. The fraction of sp³-hybridized carbons (Fsp3) is 0.588. The molecule has 1 aliphatic carbocycles. The van der Waals surface area contributed by atoms with E-state index in [4.69, 9.17) is 0 Å². The Labute approximate surface area is 122 Å². The molecule has 1 aromatic rings. The minimum Gasteiger partial charge on any atom is -0.376 e. The minimum atomic E-state index is 0.108. The highest BCUT2D eigenvalue weighted by molar-refractivity contribution is 5.80. The summed E-state index contributed by atoms with van der Waals surface area (Å²) in [6, 6.07) is 8.50. The number of hydrogen-bond donors (Lipinski definition) is 2.